The zero-order valence-electron chi connectivity index (χ0n) is 11.8. The van der Waals surface area contributed by atoms with E-state index in [1.54, 1.807) is 16.9 Å². The number of hydrogen-bond donors (Lipinski definition) is 2. The highest BCUT2D eigenvalue weighted by Crippen LogP contribution is 2.17. The molecule has 0 unspecified atom stereocenters. The van der Waals surface area contributed by atoms with Crippen molar-refractivity contribution in [2.45, 2.75) is 33.4 Å². The van der Waals surface area contributed by atoms with Gasteiger partial charge in [-0.05, 0) is 36.6 Å². The van der Waals surface area contributed by atoms with Crippen molar-refractivity contribution in [3.05, 3.63) is 47.3 Å². The second-order valence-electron chi connectivity index (χ2n) is 4.89. The Labute approximate surface area is 118 Å². The molecular weight excluding hydrogens is 254 g/mol. The lowest BCUT2D eigenvalue weighted by molar-refractivity contribution is -0.116. The molecule has 0 aliphatic carbocycles. The predicted molar refractivity (Wildman–Crippen MR) is 77.3 cm³/mol. The van der Waals surface area contributed by atoms with Crippen molar-refractivity contribution in [1.29, 1.82) is 0 Å². The predicted octanol–water partition coefficient (Wildman–Crippen LogP) is 2.02. The average Bonchev–Trinajstić information content (AvgIpc) is 2.85. The molecule has 1 heterocycles. The largest absolute Gasteiger partial charge is 0.392 e. The molecule has 0 bridgehead atoms. The van der Waals surface area contributed by atoms with E-state index < -0.39 is 0 Å². The van der Waals surface area contributed by atoms with Crippen LogP contribution in [-0.2, 0) is 17.9 Å². The quantitative estimate of drug-likeness (QED) is 0.875. The lowest BCUT2D eigenvalue weighted by Crippen LogP contribution is -2.15. The number of anilines is 1. The van der Waals surface area contributed by atoms with Crippen molar-refractivity contribution < 1.29 is 9.90 Å². The van der Waals surface area contributed by atoms with Gasteiger partial charge in [0.15, 0.2) is 0 Å². The molecule has 5 heteroatoms. The number of benzene rings is 1. The summed E-state index contributed by atoms with van der Waals surface area (Å²) in [6, 6.07) is 5.53. The zero-order chi connectivity index (χ0) is 14.5. The minimum absolute atomic E-state index is 0.0320. The number of aliphatic hydroxyl groups excluding tert-OH is 1. The summed E-state index contributed by atoms with van der Waals surface area (Å²) in [6.45, 7) is 4.41. The van der Waals surface area contributed by atoms with E-state index in [9.17, 15) is 4.79 Å². The fourth-order valence-electron chi connectivity index (χ4n) is 1.92. The van der Waals surface area contributed by atoms with E-state index in [4.69, 9.17) is 5.11 Å². The minimum Gasteiger partial charge on any atom is -0.392 e. The van der Waals surface area contributed by atoms with Gasteiger partial charge in [-0.25, -0.2) is 0 Å². The smallest absolute Gasteiger partial charge is 0.226 e. The number of aliphatic hydroxyl groups is 1. The molecule has 0 aliphatic rings. The van der Waals surface area contributed by atoms with Crippen LogP contribution in [0.15, 0.2) is 30.6 Å². The Kier molecular flexibility index (Phi) is 4.53. The third-order valence-corrected chi connectivity index (χ3v) is 3.09. The first-order valence-electron chi connectivity index (χ1n) is 6.58. The second-order valence-corrected chi connectivity index (χ2v) is 4.89. The first-order valence-corrected chi connectivity index (χ1v) is 6.58. The number of nitrogens with zero attached hydrogens (tertiary/aromatic N) is 2. The molecule has 2 rings (SSSR count). The monoisotopic (exact) mass is 273 g/mol. The van der Waals surface area contributed by atoms with Crippen LogP contribution < -0.4 is 5.32 Å². The summed E-state index contributed by atoms with van der Waals surface area (Å²) in [4.78, 5) is 11.9. The van der Waals surface area contributed by atoms with Crippen molar-refractivity contribution in [2.24, 2.45) is 0 Å². The molecular formula is C15H19N3O2. The minimum atomic E-state index is -0.0589. The maximum absolute atomic E-state index is 11.9. The number of aryl methyl sites for hydroxylation is 3. The first kappa shape index (κ1) is 14.3. The maximum Gasteiger partial charge on any atom is 0.226 e. The Morgan fingerprint density at radius 1 is 1.40 bits per heavy atom. The van der Waals surface area contributed by atoms with E-state index in [1.165, 1.54) is 0 Å². The van der Waals surface area contributed by atoms with E-state index in [0.29, 0.717) is 13.0 Å². The van der Waals surface area contributed by atoms with E-state index in [2.05, 4.69) is 10.4 Å². The molecule has 0 atom stereocenters. The van der Waals surface area contributed by atoms with Crippen molar-refractivity contribution in [3.63, 3.8) is 0 Å². The van der Waals surface area contributed by atoms with Gasteiger partial charge in [0.2, 0.25) is 5.91 Å². The molecule has 1 aromatic carbocycles. The lowest BCUT2D eigenvalue weighted by Gasteiger charge is -2.10. The summed E-state index contributed by atoms with van der Waals surface area (Å²) in [5.74, 6) is -0.0589. The molecule has 0 saturated heterocycles. The number of rotatable bonds is 5. The maximum atomic E-state index is 11.9. The first-order chi connectivity index (χ1) is 9.58. The Morgan fingerprint density at radius 3 is 2.85 bits per heavy atom. The van der Waals surface area contributed by atoms with E-state index in [-0.39, 0.29) is 12.5 Å². The van der Waals surface area contributed by atoms with Gasteiger partial charge in [-0.2, -0.15) is 5.10 Å². The fourth-order valence-corrected chi connectivity index (χ4v) is 1.92. The topological polar surface area (TPSA) is 67.2 Å². The summed E-state index contributed by atoms with van der Waals surface area (Å²) in [5.41, 5.74) is 3.59. The summed E-state index contributed by atoms with van der Waals surface area (Å²) < 4.78 is 1.76. The summed E-state index contributed by atoms with van der Waals surface area (Å²) in [6.07, 6.45) is 4.04. The molecule has 106 valence electrons. The molecule has 0 saturated carbocycles. The molecule has 1 aromatic heterocycles. The average molecular weight is 273 g/mol. The second kappa shape index (κ2) is 6.34. The highest BCUT2D eigenvalue weighted by Gasteiger charge is 2.06. The number of amides is 1. The molecule has 0 aliphatic heterocycles. The number of aromatic nitrogens is 2. The summed E-state index contributed by atoms with van der Waals surface area (Å²) in [5, 5.41) is 16.1. The SMILES string of the molecule is Cc1cnn(CCC(=O)Nc2cc(CO)ccc2C)c1. The fraction of sp³-hybridized carbons (Fsp3) is 0.333. The van der Waals surface area contributed by atoms with Crippen LogP contribution in [-0.4, -0.2) is 20.8 Å². The number of hydrogen-bond acceptors (Lipinski definition) is 3. The van der Waals surface area contributed by atoms with Gasteiger partial charge in [-0.15, -0.1) is 0 Å². The van der Waals surface area contributed by atoms with Crippen LogP contribution in [0, 0.1) is 13.8 Å². The molecule has 5 nitrogen and oxygen atoms in total. The van der Waals surface area contributed by atoms with E-state index in [1.807, 2.05) is 32.2 Å². The van der Waals surface area contributed by atoms with Crippen molar-refractivity contribution in [2.75, 3.05) is 5.32 Å². The Morgan fingerprint density at radius 2 is 2.20 bits per heavy atom. The van der Waals surface area contributed by atoms with Crippen molar-refractivity contribution >= 4 is 11.6 Å². The Hall–Kier alpha value is -2.14. The lowest BCUT2D eigenvalue weighted by atomic mass is 10.1. The summed E-state index contributed by atoms with van der Waals surface area (Å²) >= 11 is 0. The van der Waals surface area contributed by atoms with Gasteiger partial charge in [0.1, 0.15) is 0 Å². The highest BCUT2D eigenvalue weighted by molar-refractivity contribution is 5.91. The van der Waals surface area contributed by atoms with Gasteiger partial charge < -0.3 is 10.4 Å². The van der Waals surface area contributed by atoms with Crippen molar-refractivity contribution in [1.82, 2.24) is 9.78 Å². The molecule has 0 fully saturated rings. The van der Waals surface area contributed by atoms with Gasteiger partial charge in [-0.1, -0.05) is 12.1 Å². The van der Waals surface area contributed by atoms with Gasteiger partial charge in [-0.3, -0.25) is 9.48 Å². The van der Waals surface area contributed by atoms with Crippen LogP contribution in [0.25, 0.3) is 0 Å². The molecule has 0 radical (unpaired) electrons. The van der Waals surface area contributed by atoms with Gasteiger partial charge >= 0.3 is 0 Å². The summed E-state index contributed by atoms with van der Waals surface area (Å²) in [7, 11) is 0. The van der Waals surface area contributed by atoms with Crippen LogP contribution in [0.2, 0.25) is 0 Å². The molecule has 0 spiro atoms. The Bertz CT molecular complexity index is 605. The van der Waals surface area contributed by atoms with Crippen LogP contribution in [0.1, 0.15) is 23.1 Å². The Balaban J connectivity index is 1.94. The molecule has 2 aromatic rings. The van der Waals surface area contributed by atoms with Crippen LogP contribution in [0.5, 0.6) is 0 Å². The standard InChI is InChI=1S/C15H19N3O2/c1-11-8-16-18(9-11)6-5-15(20)17-14-7-13(10-19)4-3-12(14)2/h3-4,7-9,19H,5-6,10H2,1-2H3,(H,17,20). The highest BCUT2D eigenvalue weighted by atomic mass is 16.3. The third-order valence-electron chi connectivity index (χ3n) is 3.09. The van der Waals surface area contributed by atoms with E-state index >= 15 is 0 Å². The van der Waals surface area contributed by atoms with Crippen LogP contribution in [0.3, 0.4) is 0 Å². The number of carbonyl (C=O) groups is 1. The van der Waals surface area contributed by atoms with Crippen molar-refractivity contribution in [3.8, 4) is 0 Å². The van der Waals surface area contributed by atoms with E-state index in [0.717, 1.165) is 22.4 Å². The number of carbonyl (C=O) groups excluding carboxylic acids is 1. The van der Waals surface area contributed by atoms with Gasteiger partial charge in [0, 0.05) is 24.8 Å². The normalized spacial score (nSPS) is 10.6. The molecule has 2 N–H and O–H groups in total. The van der Waals surface area contributed by atoms with Gasteiger partial charge in [0.05, 0.1) is 12.8 Å². The van der Waals surface area contributed by atoms with Crippen LogP contribution in [0.4, 0.5) is 5.69 Å². The number of nitrogens with one attached hydrogen (secondary N) is 1. The zero-order valence-corrected chi connectivity index (χ0v) is 11.8. The molecule has 20 heavy (non-hydrogen) atoms. The van der Waals surface area contributed by atoms with Gasteiger partial charge in [0.25, 0.3) is 0 Å². The van der Waals surface area contributed by atoms with Crippen LogP contribution >= 0.6 is 0 Å². The molecule has 1 amide bonds. The third kappa shape index (κ3) is 3.68.